The van der Waals surface area contributed by atoms with E-state index in [0.29, 0.717) is 16.3 Å². The molecule has 3 heteroatoms. The van der Waals surface area contributed by atoms with Gasteiger partial charge in [0.1, 0.15) is 5.78 Å². The molecule has 0 aliphatic carbocycles. The highest BCUT2D eigenvalue weighted by molar-refractivity contribution is 8.08. The van der Waals surface area contributed by atoms with E-state index in [0.717, 1.165) is 18.6 Å². The Balaban J connectivity index is 2.40. The molecule has 1 saturated heterocycles. The highest BCUT2D eigenvalue weighted by Gasteiger charge is 2.29. The van der Waals surface area contributed by atoms with Crippen molar-refractivity contribution in [2.75, 3.05) is 5.75 Å². The highest BCUT2D eigenvalue weighted by atomic mass is 32.2. The second-order valence-electron chi connectivity index (χ2n) is 3.58. The van der Waals surface area contributed by atoms with Crippen molar-refractivity contribution < 1.29 is 4.79 Å². The van der Waals surface area contributed by atoms with E-state index in [9.17, 15) is 4.79 Å². The molecule has 0 saturated carbocycles. The van der Waals surface area contributed by atoms with Crippen LogP contribution in [0.25, 0.3) is 0 Å². The maximum Gasteiger partial charge on any atom is 0.146 e. The summed E-state index contributed by atoms with van der Waals surface area (Å²) >= 11 is 3.82. The fourth-order valence-corrected chi connectivity index (χ4v) is 4.28. The van der Waals surface area contributed by atoms with Crippen molar-refractivity contribution in [3.8, 4) is 0 Å². The zero-order valence-corrected chi connectivity index (χ0v) is 10.2. The van der Waals surface area contributed by atoms with Gasteiger partial charge in [-0.15, -0.1) is 11.8 Å². The van der Waals surface area contributed by atoms with Crippen molar-refractivity contribution in [2.45, 2.75) is 49.4 Å². The number of ketones is 1. The molecule has 3 atom stereocenters. The molecule has 1 rings (SSSR count). The van der Waals surface area contributed by atoms with Crippen molar-refractivity contribution >= 4 is 29.3 Å². The molecule has 0 N–H and O–H groups in total. The van der Waals surface area contributed by atoms with Crippen molar-refractivity contribution in [1.82, 2.24) is 0 Å². The van der Waals surface area contributed by atoms with Gasteiger partial charge in [0, 0.05) is 22.7 Å². The average Bonchev–Trinajstić information content (AvgIpc) is 2.10. The molecule has 1 aliphatic rings. The zero-order chi connectivity index (χ0) is 9.84. The van der Waals surface area contributed by atoms with E-state index >= 15 is 0 Å². The Bertz CT molecular complexity index is 182. The van der Waals surface area contributed by atoms with E-state index in [1.165, 1.54) is 0 Å². The minimum atomic E-state index is 0.274. The van der Waals surface area contributed by atoms with Crippen molar-refractivity contribution in [1.29, 1.82) is 0 Å². The van der Waals surface area contributed by atoms with Gasteiger partial charge in [0.15, 0.2) is 0 Å². The van der Waals surface area contributed by atoms with Crippen LogP contribution < -0.4 is 0 Å². The Morgan fingerprint density at radius 1 is 1.38 bits per heavy atom. The van der Waals surface area contributed by atoms with Crippen LogP contribution in [0, 0.1) is 0 Å². The lowest BCUT2D eigenvalue weighted by atomic mass is 10.2. The van der Waals surface area contributed by atoms with E-state index < -0.39 is 0 Å². The van der Waals surface area contributed by atoms with Gasteiger partial charge in [0.05, 0.1) is 5.25 Å². The van der Waals surface area contributed by atoms with E-state index in [2.05, 4.69) is 20.8 Å². The van der Waals surface area contributed by atoms with E-state index in [4.69, 9.17) is 0 Å². The first kappa shape index (κ1) is 11.4. The summed E-state index contributed by atoms with van der Waals surface area (Å²) in [6, 6.07) is 0. The molecule has 1 nitrogen and oxygen atoms in total. The molecular weight excluding hydrogens is 200 g/mol. The first-order valence-electron chi connectivity index (χ1n) is 4.95. The van der Waals surface area contributed by atoms with Gasteiger partial charge in [-0.25, -0.2) is 0 Å². The molecule has 0 amide bonds. The molecule has 0 radical (unpaired) electrons. The molecule has 0 aromatic rings. The minimum Gasteiger partial charge on any atom is -0.298 e. The Morgan fingerprint density at radius 3 is 2.62 bits per heavy atom. The molecule has 0 spiro atoms. The molecule has 3 unspecified atom stereocenters. The topological polar surface area (TPSA) is 17.1 Å². The summed E-state index contributed by atoms with van der Waals surface area (Å²) in [7, 11) is 0. The molecule has 1 fully saturated rings. The molecule has 13 heavy (non-hydrogen) atoms. The number of carbonyl (C=O) groups excluding carboxylic acids is 1. The van der Waals surface area contributed by atoms with Gasteiger partial charge in [-0.3, -0.25) is 4.79 Å². The monoisotopic (exact) mass is 218 g/mol. The molecule has 1 aliphatic heterocycles. The van der Waals surface area contributed by atoms with Gasteiger partial charge in [-0.05, 0) is 6.42 Å². The summed E-state index contributed by atoms with van der Waals surface area (Å²) in [5, 5.41) is 1.61. The number of hydrogen-bond donors (Lipinski definition) is 0. The fourth-order valence-electron chi connectivity index (χ4n) is 1.36. The third-order valence-corrected chi connectivity index (χ3v) is 5.84. The van der Waals surface area contributed by atoms with E-state index in [-0.39, 0.29) is 5.25 Å². The van der Waals surface area contributed by atoms with Crippen molar-refractivity contribution in [3.05, 3.63) is 0 Å². The maximum absolute atomic E-state index is 11.6. The summed E-state index contributed by atoms with van der Waals surface area (Å²) in [5.41, 5.74) is 0. The predicted octanol–water partition coefficient (Wildman–Crippen LogP) is 2.98. The molecule has 76 valence electrons. The van der Waals surface area contributed by atoms with Crippen LogP contribution in [0.5, 0.6) is 0 Å². The van der Waals surface area contributed by atoms with Crippen molar-refractivity contribution in [2.24, 2.45) is 0 Å². The van der Waals surface area contributed by atoms with Gasteiger partial charge < -0.3 is 0 Å². The summed E-state index contributed by atoms with van der Waals surface area (Å²) in [6.45, 7) is 6.56. The van der Waals surface area contributed by atoms with Crippen LogP contribution in [0.3, 0.4) is 0 Å². The number of carbonyl (C=O) groups is 1. The predicted molar refractivity (Wildman–Crippen MR) is 62.7 cm³/mol. The summed E-state index contributed by atoms with van der Waals surface area (Å²) < 4.78 is 0. The Kier molecular flexibility index (Phi) is 4.67. The molecule has 0 aromatic carbocycles. The first-order chi connectivity index (χ1) is 6.15. The molecule has 1 heterocycles. The van der Waals surface area contributed by atoms with Crippen LogP contribution in [-0.4, -0.2) is 27.3 Å². The van der Waals surface area contributed by atoms with Gasteiger partial charge in [0.2, 0.25) is 0 Å². The van der Waals surface area contributed by atoms with Gasteiger partial charge in [0.25, 0.3) is 0 Å². The Morgan fingerprint density at radius 2 is 2.08 bits per heavy atom. The van der Waals surface area contributed by atoms with Gasteiger partial charge >= 0.3 is 0 Å². The lowest BCUT2D eigenvalue weighted by Crippen LogP contribution is -2.31. The summed E-state index contributed by atoms with van der Waals surface area (Å²) in [5.74, 6) is 1.48. The second kappa shape index (κ2) is 5.30. The second-order valence-corrected chi connectivity index (χ2v) is 6.58. The number of hydrogen-bond acceptors (Lipinski definition) is 3. The number of Topliss-reactive ketones (excluding diaryl/α,β-unsaturated/α-hetero) is 1. The quantitative estimate of drug-likeness (QED) is 0.725. The number of rotatable bonds is 3. The summed E-state index contributed by atoms with van der Waals surface area (Å²) in [4.78, 5) is 11.6. The van der Waals surface area contributed by atoms with Crippen LogP contribution in [0.2, 0.25) is 0 Å². The van der Waals surface area contributed by atoms with Crippen molar-refractivity contribution in [3.63, 3.8) is 0 Å². The van der Waals surface area contributed by atoms with E-state index in [1.807, 2.05) is 23.5 Å². The SMILES string of the molecule is CCCC(=O)C1CSC(C)C(C)S1. The van der Waals surface area contributed by atoms with Crippen LogP contribution in [-0.2, 0) is 4.79 Å². The molecule has 0 bridgehead atoms. The van der Waals surface area contributed by atoms with Crippen LogP contribution >= 0.6 is 23.5 Å². The highest BCUT2D eigenvalue weighted by Crippen LogP contribution is 2.36. The van der Waals surface area contributed by atoms with Crippen LogP contribution in [0.4, 0.5) is 0 Å². The third-order valence-electron chi connectivity index (χ3n) is 2.41. The Labute approximate surface area is 89.4 Å². The van der Waals surface area contributed by atoms with Crippen LogP contribution in [0.15, 0.2) is 0 Å². The standard InChI is InChI=1S/C10H18OS2/c1-4-5-9(11)10-6-12-7(2)8(3)13-10/h7-8,10H,4-6H2,1-3H3. The number of thioether (sulfide) groups is 2. The normalized spacial score (nSPS) is 34.5. The van der Waals surface area contributed by atoms with E-state index in [1.54, 1.807) is 0 Å². The summed E-state index contributed by atoms with van der Waals surface area (Å²) in [6.07, 6.45) is 1.75. The largest absolute Gasteiger partial charge is 0.298 e. The van der Waals surface area contributed by atoms with Crippen LogP contribution in [0.1, 0.15) is 33.6 Å². The average molecular weight is 218 g/mol. The van der Waals surface area contributed by atoms with Gasteiger partial charge in [-0.1, -0.05) is 20.8 Å². The zero-order valence-electron chi connectivity index (χ0n) is 8.58. The minimum absolute atomic E-state index is 0.274. The Hall–Kier alpha value is 0.370. The first-order valence-corrected chi connectivity index (χ1v) is 6.94. The third kappa shape index (κ3) is 3.21. The smallest absolute Gasteiger partial charge is 0.146 e. The fraction of sp³-hybridized carbons (Fsp3) is 0.900. The molecular formula is C10H18OS2. The lowest BCUT2D eigenvalue weighted by Gasteiger charge is -2.30. The lowest BCUT2D eigenvalue weighted by molar-refractivity contribution is -0.118. The molecule has 0 aromatic heterocycles. The maximum atomic E-state index is 11.6. The van der Waals surface area contributed by atoms with Gasteiger partial charge in [-0.2, -0.15) is 11.8 Å².